The number of halogens is 8. The Balaban J connectivity index is 2.66. The van der Waals surface area contributed by atoms with Crippen molar-refractivity contribution in [3.05, 3.63) is 41.0 Å². The number of nitrogens with one attached hydrogen (secondary N) is 1. The molecule has 2 rings (SSSR count). The molecule has 13 heteroatoms. The quantitative estimate of drug-likeness (QED) is 0.428. The van der Waals surface area contributed by atoms with Crippen LogP contribution >= 0.6 is 0 Å². The lowest BCUT2D eigenvalue weighted by molar-refractivity contribution is -0.142. The Morgan fingerprint density at radius 1 is 0.964 bits per heavy atom. The topological polar surface area (TPSA) is 56.1 Å². The lowest BCUT2D eigenvalue weighted by atomic mass is 10.2. The number of hydrogen-bond donors (Lipinski definition) is 1. The Labute approximate surface area is 151 Å². The Bertz CT molecular complexity index is 902. The van der Waals surface area contributed by atoms with Gasteiger partial charge in [0.25, 0.3) is 0 Å². The number of carbonyl (C=O) groups excluding carboxylic acids is 1. The van der Waals surface area contributed by atoms with E-state index in [1.165, 1.54) is 20.8 Å². The molecule has 1 heterocycles. The summed E-state index contributed by atoms with van der Waals surface area (Å²) in [5.41, 5.74) is -6.16. The molecule has 154 valence electrons. The number of amides is 1. The van der Waals surface area contributed by atoms with Crippen molar-refractivity contribution in [2.24, 2.45) is 0 Å². The molecule has 0 spiro atoms. The highest BCUT2D eigenvalue weighted by Crippen LogP contribution is 2.38. The van der Waals surface area contributed by atoms with E-state index in [0.29, 0.717) is 6.20 Å². The van der Waals surface area contributed by atoms with Gasteiger partial charge in [0.2, 0.25) is 5.82 Å². The molecule has 0 bridgehead atoms. The normalized spacial score (nSPS) is 12.2. The van der Waals surface area contributed by atoms with Crippen LogP contribution in [0.4, 0.5) is 45.6 Å². The van der Waals surface area contributed by atoms with Gasteiger partial charge in [-0.25, -0.2) is 31.4 Å². The summed E-state index contributed by atoms with van der Waals surface area (Å²) in [6.07, 6.45) is -6.44. The standard InChI is InChI=1S/C15H11F8N3O2/c1-14(2,3)28-13(27)25-5-4-24-26(12(5)15(21,22)23)11-9(19)7(17)6(16)8(18)10(11)20/h4H,1-3H3,(H,25,27). The van der Waals surface area contributed by atoms with Crippen LogP contribution in [0.25, 0.3) is 5.69 Å². The molecular formula is C15H11F8N3O2. The highest BCUT2D eigenvalue weighted by molar-refractivity contribution is 5.85. The first-order valence-corrected chi connectivity index (χ1v) is 7.32. The van der Waals surface area contributed by atoms with Gasteiger partial charge >= 0.3 is 12.3 Å². The highest BCUT2D eigenvalue weighted by atomic mass is 19.4. The molecule has 0 atom stereocenters. The number of rotatable bonds is 2. The molecule has 0 saturated heterocycles. The van der Waals surface area contributed by atoms with Crippen molar-refractivity contribution >= 4 is 11.8 Å². The van der Waals surface area contributed by atoms with Crippen LogP contribution < -0.4 is 5.32 Å². The number of aromatic nitrogens is 2. The van der Waals surface area contributed by atoms with E-state index in [1.807, 2.05) is 0 Å². The minimum absolute atomic E-state index is 0.324. The molecular weight excluding hydrogens is 406 g/mol. The fraction of sp³-hybridized carbons (Fsp3) is 0.333. The van der Waals surface area contributed by atoms with E-state index in [9.17, 15) is 39.9 Å². The monoisotopic (exact) mass is 417 g/mol. The second-order valence-electron chi connectivity index (χ2n) is 6.36. The van der Waals surface area contributed by atoms with Gasteiger partial charge in [0.15, 0.2) is 29.0 Å². The van der Waals surface area contributed by atoms with Crippen LogP contribution in [-0.4, -0.2) is 21.5 Å². The van der Waals surface area contributed by atoms with Crippen LogP contribution in [-0.2, 0) is 10.9 Å². The number of anilines is 1. The summed E-state index contributed by atoms with van der Waals surface area (Å²) in [6.45, 7) is 4.24. The third kappa shape index (κ3) is 4.02. The first-order valence-electron chi connectivity index (χ1n) is 7.32. The minimum atomic E-state index is -5.40. The van der Waals surface area contributed by atoms with Gasteiger partial charge in [-0.1, -0.05) is 0 Å². The molecule has 1 aromatic heterocycles. The van der Waals surface area contributed by atoms with Gasteiger partial charge in [0.05, 0.1) is 11.9 Å². The van der Waals surface area contributed by atoms with Crippen LogP contribution in [0.1, 0.15) is 26.5 Å². The first-order chi connectivity index (χ1) is 12.6. The van der Waals surface area contributed by atoms with Crippen molar-refractivity contribution in [3.63, 3.8) is 0 Å². The molecule has 1 aromatic carbocycles. The number of benzene rings is 1. The molecule has 0 unspecified atom stereocenters. The average Bonchev–Trinajstić information content (AvgIpc) is 2.92. The lowest BCUT2D eigenvalue weighted by Crippen LogP contribution is -2.28. The van der Waals surface area contributed by atoms with E-state index >= 15 is 0 Å². The lowest BCUT2D eigenvalue weighted by Gasteiger charge is -2.20. The second-order valence-corrected chi connectivity index (χ2v) is 6.36. The highest BCUT2D eigenvalue weighted by Gasteiger charge is 2.42. The maximum absolute atomic E-state index is 13.9. The van der Waals surface area contributed by atoms with E-state index in [1.54, 1.807) is 5.32 Å². The number of carbonyl (C=O) groups is 1. The Hall–Kier alpha value is -2.86. The van der Waals surface area contributed by atoms with Gasteiger partial charge in [-0.05, 0) is 20.8 Å². The molecule has 0 aliphatic rings. The SMILES string of the molecule is CC(C)(C)OC(=O)Nc1cnn(-c2c(F)c(F)c(F)c(F)c2F)c1C(F)(F)F. The number of hydrogen-bond acceptors (Lipinski definition) is 3. The largest absolute Gasteiger partial charge is 0.444 e. The molecule has 0 aliphatic carbocycles. The molecule has 2 aromatic rings. The van der Waals surface area contributed by atoms with Gasteiger partial charge in [-0.15, -0.1) is 0 Å². The van der Waals surface area contributed by atoms with E-state index in [-0.39, 0.29) is 0 Å². The molecule has 1 N–H and O–H groups in total. The summed E-state index contributed by atoms with van der Waals surface area (Å²) in [5, 5.41) is 4.70. The second kappa shape index (κ2) is 6.95. The maximum atomic E-state index is 13.9. The summed E-state index contributed by atoms with van der Waals surface area (Å²) < 4.78 is 112. The first kappa shape index (κ1) is 21.4. The summed E-state index contributed by atoms with van der Waals surface area (Å²) in [5.74, 6) is -12.5. The molecule has 0 aliphatic heterocycles. The van der Waals surface area contributed by atoms with E-state index in [0.717, 1.165) is 0 Å². The van der Waals surface area contributed by atoms with Crippen molar-refractivity contribution in [2.45, 2.75) is 32.5 Å². The Morgan fingerprint density at radius 2 is 1.43 bits per heavy atom. The van der Waals surface area contributed by atoms with Gasteiger partial charge < -0.3 is 4.74 Å². The fourth-order valence-corrected chi connectivity index (χ4v) is 2.08. The third-order valence-corrected chi connectivity index (χ3v) is 3.07. The number of alkyl halides is 3. The Morgan fingerprint density at radius 3 is 1.86 bits per heavy atom. The van der Waals surface area contributed by atoms with Crippen molar-refractivity contribution in [1.82, 2.24) is 9.78 Å². The molecule has 5 nitrogen and oxygen atoms in total. The molecule has 0 fully saturated rings. The van der Waals surface area contributed by atoms with E-state index in [4.69, 9.17) is 4.74 Å². The molecule has 0 saturated carbocycles. The number of ether oxygens (including phenoxy) is 1. The van der Waals surface area contributed by atoms with Gasteiger partial charge in [0, 0.05) is 0 Å². The van der Waals surface area contributed by atoms with Crippen LogP contribution in [0.15, 0.2) is 6.20 Å². The summed E-state index contributed by atoms with van der Waals surface area (Å²) in [6, 6.07) is 0. The molecule has 1 amide bonds. The van der Waals surface area contributed by atoms with Gasteiger partial charge in [0.1, 0.15) is 11.3 Å². The molecule has 28 heavy (non-hydrogen) atoms. The fourth-order valence-electron chi connectivity index (χ4n) is 2.08. The summed E-state index contributed by atoms with van der Waals surface area (Å²) in [7, 11) is 0. The summed E-state index contributed by atoms with van der Waals surface area (Å²) >= 11 is 0. The van der Waals surface area contributed by atoms with E-state index in [2.05, 4.69) is 5.10 Å². The minimum Gasteiger partial charge on any atom is -0.444 e. The predicted molar refractivity (Wildman–Crippen MR) is 78.2 cm³/mol. The van der Waals surface area contributed by atoms with Gasteiger partial charge in [-0.3, -0.25) is 5.32 Å². The zero-order valence-electron chi connectivity index (χ0n) is 14.3. The third-order valence-electron chi connectivity index (χ3n) is 3.07. The van der Waals surface area contributed by atoms with Gasteiger partial charge in [-0.2, -0.15) is 18.3 Å². The average molecular weight is 417 g/mol. The van der Waals surface area contributed by atoms with Crippen molar-refractivity contribution in [3.8, 4) is 5.69 Å². The smallest absolute Gasteiger partial charge is 0.435 e. The predicted octanol–water partition coefficient (Wildman–Crippen LogP) is 4.93. The van der Waals surface area contributed by atoms with Crippen molar-refractivity contribution in [1.29, 1.82) is 0 Å². The zero-order chi connectivity index (χ0) is 21.6. The molecule has 0 radical (unpaired) electrons. The van der Waals surface area contributed by atoms with E-state index < -0.39 is 68.7 Å². The van der Waals surface area contributed by atoms with Crippen LogP contribution in [0, 0.1) is 29.1 Å². The van der Waals surface area contributed by atoms with Crippen LogP contribution in [0.2, 0.25) is 0 Å². The van der Waals surface area contributed by atoms with Crippen molar-refractivity contribution < 1.29 is 44.7 Å². The number of nitrogens with zero attached hydrogens (tertiary/aromatic N) is 2. The Kier molecular flexibility index (Phi) is 5.32. The zero-order valence-corrected chi connectivity index (χ0v) is 14.3. The summed E-state index contributed by atoms with van der Waals surface area (Å²) in [4.78, 5) is 11.7. The van der Waals surface area contributed by atoms with Crippen LogP contribution in [0.3, 0.4) is 0 Å². The maximum Gasteiger partial charge on any atom is 0.435 e. The van der Waals surface area contributed by atoms with Crippen LogP contribution in [0.5, 0.6) is 0 Å². The van der Waals surface area contributed by atoms with Crippen molar-refractivity contribution in [2.75, 3.05) is 5.32 Å².